The molecule has 2 aromatic carbocycles. The Kier molecular flexibility index (Phi) is 5.18. The van der Waals surface area contributed by atoms with Gasteiger partial charge >= 0.3 is 0 Å². The van der Waals surface area contributed by atoms with Crippen LogP contribution in [0.2, 0.25) is 0 Å². The van der Waals surface area contributed by atoms with Gasteiger partial charge < -0.3 is 14.6 Å². The summed E-state index contributed by atoms with van der Waals surface area (Å²) < 4.78 is 12.7. The number of hydrogen-bond acceptors (Lipinski definition) is 6. The Morgan fingerprint density at radius 2 is 1.86 bits per heavy atom. The minimum absolute atomic E-state index is 0.0222. The quantitative estimate of drug-likeness (QED) is 0.498. The van der Waals surface area contributed by atoms with Crippen molar-refractivity contribution in [3.8, 4) is 22.8 Å². The monoisotopic (exact) mass is 393 g/mol. The summed E-state index contributed by atoms with van der Waals surface area (Å²) in [5.74, 6) is 1.31. The Morgan fingerprint density at radius 3 is 2.64 bits per heavy atom. The van der Waals surface area contributed by atoms with Crippen LogP contribution in [0.1, 0.15) is 5.56 Å². The van der Waals surface area contributed by atoms with Crippen molar-refractivity contribution in [3.63, 3.8) is 0 Å². The molecule has 0 amide bonds. The number of rotatable bonds is 6. The summed E-state index contributed by atoms with van der Waals surface area (Å²) in [6.07, 6.45) is 3.63. The van der Waals surface area contributed by atoms with Gasteiger partial charge in [0.15, 0.2) is 16.7 Å². The fourth-order valence-corrected chi connectivity index (χ4v) is 3.95. The summed E-state index contributed by atoms with van der Waals surface area (Å²) in [5.41, 5.74) is 3.34. The molecule has 4 rings (SSSR count). The second kappa shape index (κ2) is 7.92. The molecule has 28 heavy (non-hydrogen) atoms. The van der Waals surface area contributed by atoms with Crippen LogP contribution in [0.15, 0.2) is 71.0 Å². The van der Waals surface area contributed by atoms with Crippen molar-refractivity contribution in [2.75, 3.05) is 14.2 Å². The van der Waals surface area contributed by atoms with E-state index < -0.39 is 0 Å². The summed E-state index contributed by atoms with van der Waals surface area (Å²) in [6.45, 7) is -0.0222. The fourth-order valence-electron chi connectivity index (χ4n) is 2.94. The van der Waals surface area contributed by atoms with Crippen molar-refractivity contribution in [1.29, 1.82) is 0 Å². The lowest BCUT2D eigenvalue weighted by molar-refractivity contribution is 0.279. The predicted octanol–water partition coefficient (Wildman–Crippen LogP) is 4.06. The van der Waals surface area contributed by atoms with Crippen molar-refractivity contribution in [2.24, 2.45) is 0 Å². The zero-order valence-corrected chi connectivity index (χ0v) is 16.3. The van der Waals surface area contributed by atoms with Crippen molar-refractivity contribution in [1.82, 2.24) is 14.4 Å². The molecule has 142 valence electrons. The number of aromatic nitrogens is 3. The molecular weight excluding hydrogens is 374 g/mol. The summed E-state index contributed by atoms with van der Waals surface area (Å²) >= 11 is 1.50. The number of benzene rings is 2. The van der Waals surface area contributed by atoms with Crippen molar-refractivity contribution < 1.29 is 14.6 Å². The molecule has 6 nitrogen and oxygen atoms in total. The normalized spacial score (nSPS) is 11.0. The summed E-state index contributed by atoms with van der Waals surface area (Å²) in [4.78, 5) is 10.2. The van der Waals surface area contributed by atoms with E-state index in [-0.39, 0.29) is 6.61 Å². The van der Waals surface area contributed by atoms with E-state index in [2.05, 4.69) is 4.98 Å². The van der Waals surface area contributed by atoms with Gasteiger partial charge in [0.25, 0.3) is 0 Å². The topological polar surface area (TPSA) is 68.9 Å². The standard InChI is InChI=1S/C21H19N3O3S/c1-26-17-8-7-14(11-18(17)27-2)16-12-20-22-9-10-24(20)21(23-16)28-19-6-4-3-5-15(19)13-25/h3-12,25H,13H2,1-2H3. The molecule has 7 heteroatoms. The fraction of sp³-hybridized carbons (Fsp3) is 0.143. The molecule has 0 unspecified atom stereocenters. The first-order valence-electron chi connectivity index (χ1n) is 8.66. The highest BCUT2D eigenvalue weighted by molar-refractivity contribution is 7.99. The smallest absolute Gasteiger partial charge is 0.179 e. The maximum Gasteiger partial charge on any atom is 0.179 e. The molecule has 1 N–H and O–H groups in total. The Bertz CT molecular complexity index is 1130. The van der Waals surface area contributed by atoms with E-state index in [0.29, 0.717) is 11.5 Å². The number of fused-ring (bicyclic) bond motifs is 1. The van der Waals surface area contributed by atoms with Crippen LogP contribution in [-0.4, -0.2) is 33.7 Å². The van der Waals surface area contributed by atoms with Crippen LogP contribution in [0.4, 0.5) is 0 Å². The highest BCUT2D eigenvalue weighted by Gasteiger charge is 2.13. The highest BCUT2D eigenvalue weighted by atomic mass is 32.2. The average molecular weight is 393 g/mol. The van der Waals surface area contributed by atoms with Gasteiger partial charge in [0.2, 0.25) is 0 Å². The number of methoxy groups -OCH3 is 2. The third-order valence-corrected chi connectivity index (χ3v) is 5.47. The zero-order valence-electron chi connectivity index (χ0n) is 15.5. The highest BCUT2D eigenvalue weighted by Crippen LogP contribution is 2.34. The first-order valence-corrected chi connectivity index (χ1v) is 9.48. The molecule has 2 heterocycles. The average Bonchev–Trinajstić information content (AvgIpc) is 3.22. The predicted molar refractivity (Wildman–Crippen MR) is 108 cm³/mol. The number of hydrogen-bond donors (Lipinski definition) is 1. The van der Waals surface area contributed by atoms with Gasteiger partial charge in [-0.05, 0) is 29.8 Å². The molecule has 0 spiro atoms. The maximum absolute atomic E-state index is 9.63. The lowest BCUT2D eigenvalue weighted by atomic mass is 10.1. The number of imidazole rings is 1. The number of ether oxygens (including phenoxy) is 2. The Morgan fingerprint density at radius 1 is 1.04 bits per heavy atom. The molecule has 0 aliphatic carbocycles. The van der Waals surface area contributed by atoms with Gasteiger partial charge in [-0.25, -0.2) is 9.97 Å². The van der Waals surface area contributed by atoms with Gasteiger partial charge in [0.1, 0.15) is 5.65 Å². The van der Waals surface area contributed by atoms with Gasteiger partial charge in [-0.2, -0.15) is 0 Å². The number of nitrogens with zero attached hydrogens (tertiary/aromatic N) is 3. The molecule has 0 saturated carbocycles. The molecule has 0 radical (unpaired) electrons. The molecular formula is C21H19N3O3S. The summed E-state index contributed by atoms with van der Waals surface area (Å²) in [6, 6.07) is 15.4. The van der Waals surface area contributed by atoms with Crippen molar-refractivity contribution >= 4 is 17.4 Å². The van der Waals surface area contributed by atoms with Gasteiger partial charge in [0.05, 0.1) is 26.5 Å². The van der Waals surface area contributed by atoms with E-state index in [1.54, 1.807) is 20.4 Å². The first-order chi connectivity index (χ1) is 13.7. The molecule has 4 aromatic rings. The molecule has 0 aliphatic heterocycles. The summed E-state index contributed by atoms with van der Waals surface area (Å²) in [5, 5.41) is 10.4. The Hall–Kier alpha value is -3.03. The zero-order chi connectivity index (χ0) is 19.5. The van der Waals surface area contributed by atoms with Gasteiger partial charge in [-0.1, -0.05) is 30.0 Å². The van der Waals surface area contributed by atoms with Crippen LogP contribution in [0.5, 0.6) is 11.5 Å². The molecule has 0 aliphatic rings. The van der Waals surface area contributed by atoms with Gasteiger partial charge in [0, 0.05) is 28.9 Å². The number of aliphatic hydroxyl groups is 1. The number of aliphatic hydroxyl groups excluding tert-OH is 1. The molecule has 0 fully saturated rings. The van der Waals surface area contributed by atoms with Crippen molar-refractivity contribution in [3.05, 3.63) is 66.5 Å². The molecule has 0 atom stereocenters. The van der Waals surface area contributed by atoms with E-state index in [1.165, 1.54) is 11.8 Å². The van der Waals surface area contributed by atoms with Crippen LogP contribution < -0.4 is 9.47 Å². The van der Waals surface area contributed by atoms with Gasteiger partial charge in [-0.15, -0.1) is 0 Å². The first kappa shape index (κ1) is 18.3. The van der Waals surface area contributed by atoms with E-state index in [0.717, 1.165) is 32.5 Å². The van der Waals surface area contributed by atoms with E-state index in [4.69, 9.17) is 14.5 Å². The SMILES string of the molecule is COc1ccc(-c2cc3nccn3c(Sc3ccccc3CO)n2)cc1OC. The second-order valence-corrected chi connectivity index (χ2v) is 7.03. The minimum Gasteiger partial charge on any atom is -0.493 e. The van der Waals surface area contributed by atoms with Crippen LogP contribution >= 0.6 is 11.8 Å². The molecule has 0 saturated heterocycles. The van der Waals surface area contributed by atoms with Gasteiger partial charge in [-0.3, -0.25) is 4.40 Å². The van der Waals surface area contributed by atoms with E-state index in [9.17, 15) is 5.11 Å². The Labute approximate surface area is 166 Å². The van der Waals surface area contributed by atoms with E-state index >= 15 is 0 Å². The molecule has 0 bridgehead atoms. The Balaban J connectivity index is 1.81. The van der Waals surface area contributed by atoms with E-state index in [1.807, 2.05) is 59.1 Å². The molecule has 2 aromatic heterocycles. The van der Waals surface area contributed by atoms with Crippen molar-refractivity contribution in [2.45, 2.75) is 16.7 Å². The third kappa shape index (κ3) is 3.42. The van der Waals surface area contributed by atoms with Crippen LogP contribution in [0, 0.1) is 0 Å². The van der Waals surface area contributed by atoms with Crippen LogP contribution in [0.25, 0.3) is 16.9 Å². The summed E-state index contributed by atoms with van der Waals surface area (Å²) in [7, 11) is 3.22. The largest absolute Gasteiger partial charge is 0.493 e. The minimum atomic E-state index is -0.0222. The van der Waals surface area contributed by atoms with Crippen LogP contribution in [-0.2, 0) is 6.61 Å². The van der Waals surface area contributed by atoms with Crippen LogP contribution in [0.3, 0.4) is 0 Å². The maximum atomic E-state index is 9.63. The lowest BCUT2D eigenvalue weighted by Gasteiger charge is -2.12. The lowest BCUT2D eigenvalue weighted by Crippen LogP contribution is -1.98. The third-order valence-electron chi connectivity index (χ3n) is 4.38. The second-order valence-electron chi connectivity index (χ2n) is 6.02.